The molecular weight excluding hydrogens is 254 g/mol. The van der Waals surface area contributed by atoms with Crippen LogP contribution in [0.15, 0.2) is 4.52 Å². The molecular formula is C15H25N3O2. The van der Waals surface area contributed by atoms with Crippen molar-refractivity contribution in [3.8, 4) is 0 Å². The standard InChI is InChI=1S/C15H25N3O2/c1-2-15-16-14(17-20-15)10-18-9-5-7-12(18)11-6-3-4-8-13(11)19/h11-13,19H,2-10H2,1H3. The van der Waals surface area contributed by atoms with Gasteiger partial charge in [0, 0.05) is 18.4 Å². The van der Waals surface area contributed by atoms with E-state index in [1.165, 1.54) is 25.7 Å². The van der Waals surface area contributed by atoms with Gasteiger partial charge in [-0.05, 0) is 32.2 Å². The molecule has 1 N–H and O–H groups in total. The van der Waals surface area contributed by atoms with Gasteiger partial charge in [0.05, 0.1) is 12.6 Å². The average molecular weight is 279 g/mol. The number of rotatable bonds is 4. The molecule has 5 nitrogen and oxygen atoms in total. The summed E-state index contributed by atoms with van der Waals surface area (Å²) in [5.41, 5.74) is 0. The highest BCUT2D eigenvalue weighted by molar-refractivity contribution is 4.94. The number of aliphatic hydroxyl groups excluding tert-OH is 1. The van der Waals surface area contributed by atoms with E-state index in [4.69, 9.17) is 4.52 Å². The van der Waals surface area contributed by atoms with Gasteiger partial charge in [-0.1, -0.05) is 24.9 Å². The Kier molecular flexibility index (Phi) is 4.36. The van der Waals surface area contributed by atoms with Crippen molar-refractivity contribution in [1.29, 1.82) is 0 Å². The first-order valence-electron chi connectivity index (χ1n) is 8.01. The summed E-state index contributed by atoms with van der Waals surface area (Å²) in [6, 6.07) is 0.494. The van der Waals surface area contributed by atoms with Crippen LogP contribution in [0.1, 0.15) is 57.2 Å². The summed E-state index contributed by atoms with van der Waals surface area (Å²) in [6.07, 6.45) is 7.64. The summed E-state index contributed by atoms with van der Waals surface area (Å²) >= 11 is 0. The predicted octanol–water partition coefficient (Wildman–Crippen LogP) is 2.15. The molecule has 20 heavy (non-hydrogen) atoms. The number of aryl methyl sites for hydroxylation is 1. The maximum atomic E-state index is 10.3. The molecule has 1 aliphatic heterocycles. The lowest BCUT2D eigenvalue weighted by Gasteiger charge is -2.36. The molecule has 0 amide bonds. The second-order valence-electron chi connectivity index (χ2n) is 6.15. The first-order chi connectivity index (χ1) is 9.78. The van der Waals surface area contributed by atoms with Crippen molar-refractivity contribution in [2.45, 2.75) is 70.6 Å². The van der Waals surface area contributed by atoms with Crippen LogP contribution in [0.3, 0.4) is 0 Å². The highest BCUT2D eigenvalue weighted by Gasteiger charge is 2.37. The zero-order valence-corrected chi connectivity index (χ0v) is 12.3. The van der Waals surface area contributed by atoms with Crippen molar-refractivity contribution >= 4 is 0 Å². The molecule has 5 heteroatoms. The smallest absolute Gasteiger partial charge is 0.226 e. The first-order valence-corrected chi connectivity index (χ1v) is 8.01. The van der Waals surface area contributed by atoms with Gasteiger partial charge in [-0.25, -0.2) is 0 Å². The van der Waals surface area contributed by atoms with E-state index >= 15 is 0 Å². The van der Waals surface area contributed by atoms with Gasteiger partial charge in [-0.2, -0.15) is 4.98 Å². The molecule has 3 atom stereocenters. The molecule has 1 aliphatic carbocycles. The quantitative estimate of drug-likeness (QED) is 0.915. The number of hydrogen-bond acceptors (Lipinski definition) is 5. The van der Waals surface area contributed by atoms with Crippen LogP contribution in [0.2, 0.25) is 0 Å². The third kappa shape index (κ3) is 2.88. The van der Waals surface area contributed by atoms with E-state index in [9.17, 15) is 5.11 Å². The Morgan fingerprint density at radius 2 is 2.10 bits per heavy atom. The Hall–Kier alpha value is -0.940. The lowest BCUT2D eigenvalue weighted by atomic mass is 9.80. The topological polar surface area (TPSA) is 62.4 Å². The second kappa shape index (κ2) is 6.22. The van der Waals surface area contributed by atoms with Gasteiger partial charge in [0.2, 0.25) is 5.89 Å². The molecule has 2 aliphatic rings. The van der Waals surface area contributed by atoms with Crippen LogP contribution in [0, 0.1) is 5.92 Å². The lowest BCUT2D eigenvalue weighted by Crippen LogP contribution is -2.42. The summed E-state index contributed by atoms with van der Waals surface area (Å²) in [4.78, 5) is 6.86. The number of aromatic nitrogens is 2. The fourth-order valence-corrected chi connectivity index (χ4v) is 3.80. The Bertz CT molecular complexity index is 435. The average Bonchev–Trinajstić information content (AvgIpc) is 3.09. The number of hydrogen-bond donors (Lipinski definition) is 1. The molecule has 1 saturated carbocycles. The van der Waals surface area contributed by atoms with Gasteiger partial charge in [-0.15, -0.1) is 0 Å². The van der Waals surface area contributed by atoms with E-state index < -0.39 is 0 Å². The maximum Gasteiger partial charge on any atom is 0.226 e. The molecule has 1 aromatic rings. The third-order valence-electron chi connectivity index (χ3n) is 4.85. The highest BCUT2D eigenvalue weighted by atomic mass is 16.5. The van der Waals surface area contributed by atoms with Gasteiger partial charge in [-0.3, -0.25) is 4.90 Å². The molecule has 0 spiro atoms. The van der Waals surface area contributed by atoms with Crippen molar-refractivity contribution in [2.24, 2.45) is 5.92 Å². The van der Waals surface area contributed by atoms with Crippen LogP contribution in [-0.2, 0) is 13.0 Å². The molecule has 3 rings (SSSR count). The molecule has 0 bridgehead atoms. The molecule has 112 valence electrons. The van der Waals surface area contributed by atoms with Crippen molar-refractivity contribution in [2.75, 3.05) is 6.54 Å². The molecule has 1 saturated heterocycles. The van der Waals surface area contributed by atoms with E-state index in [0.29, 0.717) is 17.9 Å². The zero-order valence-electron chi connectivity index (χ0n) is 12.3. The van der Waals surface area contributed by atoms with E-state index in [-0.39, 0.29) is 6.10 Å². The van der Waals surface area contributed by atoms with E-state index in [1.807, 2.05) is 6.92 Å². The van der Waals surface area contributed by atoms with Crippen LogP contribution < -0.4 is 0 Å². The number of aliphatic hydroxyl groups is 1. The van der Waals surface area contributed by atoms with Gasteiger partial charge in [0.15, 0.2) is 5.82 Å². The van der Waals surface area contributed by atoms with Crippen molar-refractivity contribution in [1.82, 2.24) is 15.0 Å². The Morgan fingerprint density at radius 1 is 1.25 bits per heavy atom. The highest BCUT2D eigenvalue weighted by Crippen LogP contribution is 2.35. The summed E-state index contributed by atoms with van der Waals surface area (Å²) in [5.74, 6) is 1.94. The predicted molar refractivity (Wildman–Crippen MR) is 75.1 cm³/mol. The Labute approximate surface area is 120 Å². The van der Waals surface area contributed by atoms with Crippen molar-refractivity contribution in [3.63, 3.8) is 0 Å². The fraction of sp³-hybridized carbons (Fsp3) is 0.867. The molecule has 3 unspecified atom stereocenters. The number of nitrogens with zero attached hydrogens (tertiary/aromatic N) is 3. The summed E-state index contributed by atoms with van der Waals surface area (Å²) < 4.78 is 5.19. The maximum absolute atomic E-state index is 10.3. The zero-order chi connectivity index (χ0) is 13.9. The summed E-state index contributed by atoms with van der Waals surface area (Å²) in [5, 5.41) is 14.3. The fourth-order valence-electron chi connectivity index (χ4n) is 3.80. The molecule has 1 aromatic heterocycles. The minimum atomic E-state index is -0.120. The SMILES string of the molecule is CCc1nc(CN2CCCC2C2CCCCC2O)no1. The molecule has 0 aromatic carbocycles. The molecule has 2 fully saturated rings. The van der Waals surface area contributed by atoms with Crippen molar-refractivity contribution < 1.29 is 9.63 Å². The van der Waals surface area contributed by atoms with Gasteiger partial charge in [0.1, 0.15) is 0 Å². The summed E-state index contributed by atoms with van der Waals surface area (Å²) in [7, 11) is 0. The van der Waals surface area contributed by atoms with E-state index in [1.54, 1.807) is 0 Å². The monoisotopic (exact) mass is 279 g/mol. The minimum Gasteiger partial charge on any atom is -0.393 e. The van der Waals surface area contributed by atoms with Crippen LogP contribution in [0.4, 0.5) is 0 Å². The van der Waals surface area contributed by atoms with Crippen LogP contribution in [-0.4, -0.2) is 38.8 Å². The van der Waals surface area contributed by atoms with Gasteiger partial charge < -0.3 is 9.63 Å². The Balaban J connectivity index is 1.65. The van der Waals surface area contributed by atoms with Crippen LogP contribution in [0.25, 0.3) is 0 Å². The Morgan fingerprint density at radius 3 is 2.85 bits per heavy atom. The molecule has 2 heterocycles. The van der Waals surface area contributed by atoms with Gasteiger partial charge in [0.25, 0.3) is 0 Å². The normalized spacial score (nSPS) is 31.8. The van der Waals surface area contributed by atoms with Crippen LogP contribution in [0.5, 0.6) is 0 Å². The van der Waals surface area contributed by atoms with E-state index in [2.05, 4.69) is 15.0 Å². The first kappa shape index (κ1) is 14.0. The number of likely N-dealkylation sites (tertiary alicyclic amines) is 1. The van der Waals surface area contributed by atoms with Crippen molar-refractivity contribution in [3.05, 3.63) is 11.7 Å². The molecule has 0 radical (unpaired) electrons. The van der Waals surface area contributed by atoms with Crippen LogP contribution >= 0.6 is 0 Å². The minimum absolute atomic E-state index is 0.120. The van der Waals surface area contributed by atoms with E-state index in [0.717, 1.165) is 38.2 Å². The lowest BCUT2D eigenvalue weighted by molar-refractivity contribution is 0.0194. The summed E-state index contributed by atoms with van der Waals surface area (Å²) in [6.45, 7) is 3.87. The van der Waals surface area contributed by atoms with Gasteiger partial charge >= 0.3 is 0 Å². The largest absolute Gasteiger partial charge is 0.393 e. The second-order valence-corrected chi connectivity index (χ2v) is 6.15. The third-order valence-corrected chi connectivity index (χ3v) is 4.85.